The number of nitrogens with zero attached hydrogens (tertiary/aromatic N) is 3. The maximum absolute atomic E-state index is 5.90. The SMILES string of the molecule is C=NC=Cc1c(C)nc2n1CC(CCCCCC)O2. The minimum absolute atomic E-state index is 0.281. The second-order valence-electron chi connectivity index (χ2n) is 5.06. The van der Waals surface area contributed by atoms with Gasteiger partial charge in [-0.1, -0.05) is 26.2 Å². The monoisotopic (exact) mass is 261 g/mol. The van der Waals surface area contributed by atoms with E-state index in [1.54, 1.807) is 6.20 Å². The lowest BCUT2D eigenvalue weighted by Crippen LogP contribution is -2.15. The Morgan fingerprint density at radius 1 is 1.47 bits per heavy atom. The second kappa shape index (κ2) is 6.55. The van der Waals surface area contributed by atoms with Crippen LogP contribution in [0, 0.1) is 6.92 Å². The molecule has 0 saturated carbocycles. The molecule has 1 aromatic heterocycles. The standard InChI is InChI=1S/C15H23N3O/c1-4-5-6-7-8-13-11-18-14(9-10-16-3)12(2)17-15(18)19-13/h9-10,13H,3-8,11H2,1-2H3. The molecular formula is C15H23N3O. The topological polar surface area (TPSA) is 39.4 Å². The van der Waals surface area contributed by atoms with E-state index in [-0.39, 0.29) is 6.10 Å². The number of aromatic nitrogens is 2. The molecule has 19 heavy (non-hydrogen) atoms. The number of imidazole rings is 1. The molecule has 1 atom stereocenters. The molecule has 1 unspecified atom stereocenters. The molecule has 4 heteroatoms. The minimum atomic E-state index is 0.281. The van der Waals surface area contributed by atoms with Crippen LogP contribution < -0.4 is 4.74 Å². The molecular weight excluding hydrogens is 238 g/mol. The molecule has 1 aromatic rings. The number of ether oxygens (including phenoxy) is 1. The summed E-state index contributed by atoms with van der Waals surface area (Å²) in [5.74, 6) is 0. The third-order valence-electron chi connectivity index (χ3n) is 3.53. The first-order valence-corrected chi connectivity index (χ1v) is 7.12. The van der Waals surface area contributed by atoms with Gasteiger partial charge in [-0.05, 0) is 32.6 Å². The molecule has 2 heterocycles. The second-order valence-corrected chi connectivity index (χ2v) is 5.06. The minimum Gasteiger partial charge on any atom is -0.459 e. The lowest BCUT2D eigenvalue weighted by Gasteiger charge is -2.09. The van der Waals surface area contributed by atoms with E-state index in [0.29, 0.717) is 0 Å². The van der Waals surface area contributed by atoms with Crippen LogP contribution in [0.5, 0.6) is 6.01 Å². The summed E-state index contributed by atoms with van der Waals surface area (Å²) in [7, 11) is 0. The highest BCUT2D eigenvalue weighted by Gasteiger charge is 2.26. The van der Waals surface area contributed by atoms with Gasteiger partial charge in [0, 0.05) is 6.20 Å². The van der Waals surface area contributed by atoms with Gasteiger partial charge >= 0.3 is 0 Å². The van der Waals surface area contributed by atoms with Crippen molar-refractivity contribution < 1.29 is 4.74 Å². The van der Waals surface area contributed by atoms with Crippen LogP contribution in [0.4, 0.5) is 0 Å². The summed E-state index contributed by atoms with van der Waals surface area (Å²) in [4.78, 5) is 8.22. The number of hydrogen-bond donors (Lipinski definition) is 0. The van der Waals surface area contributed by atoms with Crippen LogP contribution >= 0.6 is 0 Å². The summed E-state index contributed by atoms with van der Waals surface area (Å²) in [6.45, 7) is 8.59. The van der Waals surface area contributed by atoms with E-state index in [9.17, 15) is 0 Å². The van der Waals surface area contributed by atoms with Gasteiger partial charge in [-0.2, -0.15) is 4.98 Å². The molecule has 0 spiro atoms. The van der Waals surface area contributed by atoms with E-state index in [1.165, 1.54) is 25.7 Å². The molecule has 0 aromatic carbocycles. The summed E-state index contributed by atoms with van der Waals surface area (Å²) >= 11 is 0. The van der Waals surface area contributed by atoms with Gasteiger partial charge in [0.2, 0.25) is 0 Å². The zero-order valence-electron chi connectivity index (χ0n) is 11.9. The van der Waals surface area contributed by atoms with Crippen LogP contribution in [0.2, 0.25) is 0 Å². The van der Waals surface area contributed by atoms with Gasteiger partial charge in [0.1, 0.15) is 6.10 Å². The van der Waals surface area contributed by atoms with Crippen molar-refractivity contribution in [3.8, 4) is 6.01 Å². The van der Waals surface area contributed by atoms with Crippen molar-refractivity contribution in [3.05, 3.63) is 17.6 Å². The summed E-state index contributed by atoms with van der Waals surface area (Å²) in [5.41, 5.74) is 2.07. The maximum atomic E-state index is 5.90. The van der Waals surface area contributed by atoms with E-state index in [0.717, 1.165) is 30.4 Å². The predicted octanol–water partition coefficient (Wildman–Crippen LogP) is 3.59. The Kier molecular flexibility index (Phi) is 4.77. The number of hydrogen-bond acceptors (Lipinski definition) is 3. The van der Waals surface area contributed by atoms with Crippen LogP contribution in [0.1, 0.15) is 50.4 Å². The van der Waals surface area contributed by atoms with Crippen molar-refractivity contribution in [2.45, 2.75) is 58.6 Å². The van der Waals surface area contributed by atoms with Crippen LogP contribution in [0.25, 0.3) is 6.08 Å². The van der Waals surface area contributed by atoms with Crippen LogP contribution in [0.3, 0.4) is 0 Å². The van der Waals surface area contributed by atoms with Crippen molar-refractivity contribution in [1.29, 1.82) is 0 Å². The third kappa shape index (κ3) is 3.25. The fraction of sp³-hybridized carbons (Fsp3) is 0.600. The lowest BCUT2D eigenvalue weighted by atomic mass is 10.1. The Labute approximate surface area is 115 Å². The zero-order valence-corrected chi connectivity index (χ0v) is 11.9. The first-order valence-electron chi connectivity index (χ1n) is 7.12. The zero-order chi connectivity index (χ0) is 13.7. The molecule has 0 saturated heterocycles. The van der Waals surface area contributed by atoms with Crippen molar-refractivity contribution in [2.75, 3.05) is 0 Å². The Morgan fingerprint density at radius 2 is 2.32 bits per heavy atom. The van der Waals surface area contributed by atoms with Gasteiger partial charge in [-0.3, -0.25) is 9.56 Å². The number of unbranched alkanes of at least 4 members (excludes halogenated alkanes) is 3. The van der Waals surface area contributed by atoms with Crippen LogP contribution in [-0.4, -0.2) is 22.4 Å². The Morgan fingerprint density at radius 3 is 3.05 bits per heavy atom. The fourth-order valence-corrected chi connectivity index (χ4v) is 2.50. The highest BCUT2D eigenvalue weighted by atomic mass is 16.5. The molecule has 104 valence electrons. The van der Waals surface area contributed by atoms with Gasteiger partial charge in [0.15, 0.2) is 0 Å². The smallest absolute Gasteiger partial charge is 0.297 e. The highest BCUT2D eigenvalue weighted by Crippen LogP contribution is 2.28. The van der Waals surface area contributed by atoms with Gasteiger partial charge in [-0.15, -0.1) is 0 Å². The molecule has 1 aliphatic rings. The average Bonchev–Trinajstić information content (AvgIpc) is 2.89. The van der Waals surface area contributed by atoms with Crippen LogP contribution in [-0.2, 0) is 6.54 Å². The van der Waals surface area contributed by atoms with E-state index in [2.05, 4.69) is 28.2 Å². The van der Waals surface area contributed by atoms with Crippen LogP contribution in [0.15, 0.2) is 11.2 Å². The number of rotatable bonds is 7. The normalized spacial score (nSPS) is 17.7. The maximum Gasteiger partial charge on any atom is 0.297 e. The molecule has 0 fully saturated rings. The van der Waals surface area contributed by atoms with E-state index < -0.39 is 0 Å². The molecule has 1 aliphatic heterocycles. The Bertz CT molecular complexity index is 462. The fourth-order valence-electron chi connectivity index (χ4n) is 2.50. The number of aryl methyl sites for hydroxylation is 1. The molecule has 0 bridgehead atoms. The quantitative estimate of drug-likeness (QED) is 0.556. The van der Waals surface area contributed by atoms with E-state index in [1.807, 2.05) is 13.0 Å². The van der Waals surface area contributed by atoms with Gasteiger partial charge < -0.3 is 4.74 Å². The van der Waals surface area contributed by atoms with E-state index >= 15 is 0 Å². The summed E-state index contributed by atoms with van der Waals surface area (Å²) < 4.78 is 8.04. The summed E-state index contributed by atoms with van der Waals surface area (Å²) in [5, 5.41) is 0. The van der Waals surface area contributed by atoms with Crippen molar-refractivity contribution in [2.24, 2.45) is 4.99 Å². The number of aliphatic imine (C=N–C) groups is 1. The van der Waals surface area contributed by atoms with Crippen molar-refractivity contribution >= 4 is 12.8 Å². The first-order chi connectivity index (χ1) is 9.26. The molecule has 0 radical (unpaired) electrons. The summed E-state index contributed by atoms with van der Waals surface area (Å²) in [6, 6.07) is 0.752. The molecule has 2 rings (SSSR count). The Hall–Kier alpha value is -1.58. The van der Waals surface area contributed by atoms with Crippen molar-refractivity contribution in [3.63, 3.8) is 0 Å². The Balaban J connectivity index is 1.94. The first kappa shape index (κ1) is 13.8. The van der Waals surface area contributed by atoms with Gasteiger partial charge in [0.25, 0.3) is 6.01 Å². The number of fused-ring (bicyclic) bond motifs is 1. The molecule has 0 N–H and O–H groups in total. The predicted molar refractivity (Wildman–Crippen MR) is 78.7 cm³/mol. The lowest BCUT2D eigenvalue weighted by molar-refractivity contribution is 0.208. The van der Waals surface area contributed by atoms with E-state index in [4.69, 9.17) is 4.74 Å². The molecule has 0 aliphatic carbocycles. The molecule has 0 amide bonds. The average molecular weight is 261 g/mol. The summed E-state index contributed by atoms with van der Waals surface area (Å²) in [6.07, 6.45) is 10.2. The largest absolute Gasteiger partial charge is 0.459 e. The van der Waals surface area contributed by atoms with Crippen molar-refractivity contribution in [1.82, 2.24) is 9.55 Å². The highest BCUT2D eigenvalue weighted by molar-refractivity contribution is 5.50. The van der Waals surface area contributed by atoms with Gasteiger partial charge in [0.05, 0.1) is 17.9 Å². The molecule has 4 nitrogen and oxygen atoms in total. The third-order valence-corrected chi connectivity index (χ3v) is 3.53. The van der Waals surface area contributed by atoms with Gasteiger partial charge in [-0.25, -0.2) is 0 Å².